The fourth-order valence-corrected chi connectivity index (χ4v) is 6.11. The van der Waals surface area contributed by atoms with E-state index in [-0.39, 0.29) is 30.4 Å². The van der Waals surface area contributed by atoms with Gasteiger partial charge in [-0.25, -0.2) is 0 Å². The number of ether oxygens (including phenoxy) is 1. The molecule has 0 aromatic rings. The van der Waals surface area contributed by atoms with E-state index in [1.54, 1.807) is 28.9 Å². The van der Waals surface area contributed by atoms with Crippen LogP contribution in [0.5, 0.6) is 0 Å². The van der Waals surface area contributed by atoms with Gasteiger partial charge >= 0.3 is 0 Å². The van der Waals surface area contributed by atoms with Crippen molar-refractivity contribution in [2.24, 2.45) is 11.8 Å². The third-order valence-corrected chi connectivity index (χ3v) is 7.59. The number of nitrogens with zero attached hydrogens (tertiary/aromatic N) is 3. The minimum atomic E-state index is -1.04. The van der Waals surface area contributed by atoms with Crippen LogP contribution in [0.15, 0.2) is 25.3 Å². The first-order valence-electron chi connectivity index (χ1n) is 12.7. The zero-order valence-electron chi connectivity index (χ0n) is 20.9. The number of hydrogen-bond donors (Lipinski definition) is 1. The molecule has 3 heterocycles. The number of aliphatic hydroxyl groups is 1. The van der Waals surface area contributed by atoms with E-state index >= 15 is 0 Å². The van der Waals surface area contributed by atoms with Crippen LogP contribution in [0, 0.1) is 11.8 Å². The monoisotopic (exact) mass is 475 g/mol. The molecule has 2 unspecified atom stereocenters. The predicted molar refractivity (Wildman–Crippen MR) is 130 cm³/mol. The van der Waals surface area contributed by atoms with Gasteiger partial charge in [0.05, 0.1) is 30.6 Å². The molecule has 0 aromatic heterocycles. The fraction of sp³-hybridized carbons (Fsp3) is 0.731. The van der Waals surface area contributed by atoms with E-state index in [0.29, 0.717) is 39.0 Å². The van der Waals surface area contributed by atoms with Crippen LogP contribution in [0.1, 0.15) is 52.9 Å². The van der Waals surface area contributed by atoms with Gasteiger partial charge in [0, 0.05) is 26.2 Å². The van der Waals surface area contributed by atoms with Crippen LogP contribution in [-0.4, -0.2) is 94.1 Å². The van der Waals surface area contributed by atoms with Crippen LogP contribution in [0.3, 0.4) is 0 Å². The number of likely N-dealkylation sites (tertiary alicyclic amines) is 1. The molecule has 6 atom stereocenters. The zero-order chi connectivity index (χ0) is 25.0. The number of amides is 3. The lowest BCUT2D eigenvalue weighted by Crippen LogP contribution is -2.58. The first kappa shape index (κ1) is 26.4. The smallest absolute Gasteiger partial charge is 0.248 e. The Balaban J connectivity index is 2.02. The summed E-state index contributed by atoms with van der Waals surface area (Å²) in [5.74, 6) is -1.89. The molecule has 8 nitrogen and oxygen atoms in total. The Morgan fingerprint density at radius 2 is 1.82 bits per heavy atom. The van der Waals surface area contributed by atoms with Gasteiger partial charge in [0.2, 0.25) is 17.7 Å². The molecule has 3 fully saturated rings. The molecular weight excluding hydrogens is 434 g/mol. The van der Waals surface area contributed by atoms with Crippen molar-refractivity contribution in [3.05, 3.63) is 25.3 Å². The number of rotatable bonds is 13. The average molecular weight is 476 g/mol. The number of aliphatic hydroxyl groups excluding tert-OH is 1. The van der Waals surface area contributed by atoms with Crippen molar-refractivity contribution in [1.82, 2.24) is 14.7 Å². The van der Waals surface area contributed by atoms with Crippen molar-refractivity contribution in [3.8, 4) is 0 Å². The molecule has 8 heteroatoms. The summed E-state index contributed by atoms with van der Waals surface area (Å²) in [6.45, 7) is 15.0. The molecule has 3 aliphatic rings. The molecule has 34 heavy (non-hydrogen) atoms. The Hall–Kier alpha value is -2.19. The molecule has 3 amide bonds. The van der Waals surface area contributed by atoms with Gasteiger partial charge in [-0.05, 0) is 32.6 Å². The van der Waals surface area contributed by atoms with Gasteiger partial charge in [-0.1, -0.05) is 32.4 Å². The second-order valence-electron chi connectivity index (χ2n) is 9.83. The second kappa shape index (κ2) is 11.0. The number of unbranched alkanes of at least 4 members (excludes halogenated alkanes) is 1. The van der Waals surface area contributed by atoms with Gasteiger partial charge in [0.1, 0.15) is 11.6 Å². The molecule has 190 valence electrons. The summed E-state index contributed by atoms with van der Waals surface area (Å²) in [4.78, 5) is 46.5. The predicted octanol–water partition coefficient (Wildman–Crippen LogP) is 1.98. The maximum atomic E-state index is 14.0. The summed E-state index contributed by atoms with van der Waals surface area (Å²) in [7, 11) is 0. The van der Waals surface area contributed by atoms with E-state index in [1.807, 2.05) is 6.92 Å². The lowest BCUT2D eigenvalue weighted by atomic mass is 9.70. The van der Waals surface area contributed by atoms with Gasteiger partial charge in [0.25, 0.3) is 0 Å². The van der Waals surface area contributed by atoms with E-state index in [9.17, 15) is 19.5 Å². The third-order valence-electron chi connectivity index (χ3n) is 7.59. The molecule has 2 bridgehead atoms. The van der Waals surface area contributed by atoms with Gasteiger partial charge in [-0.15, -0.1) is 13.2 Å². The topological polar surface area (TPSA) is 90.4 Å². The number of hydrogen-bond acceptors (Lipinski definition) is 5. The molecule has 0 aromatic carbocycles. The normalized spacial score (nSPS) is 30.2. The Morgan fingerprint density at radius 3 is 2.38 bits per heavy atom. The van der Waals surface area contributed by atoms with Gasteiger partial charge in [-0.2, -0.15) is 0 Å². The van der Waals surface area contributed by atoms with Crippen LogP contribution >= 0.6 is 0 Å². The summed E-state index contributed by atoms with van der Waals surface area (Å²) >= 11 is 0. The molecule has 0 radical (unpaired) electrons. The zero-order valence-corrected chi connectivity index (χ0v) is 20.9. The van der Waals surface area contributed by atoms with Crippen LogP contribution in [0.2, 0.25) is 0 Å². The highest BCUT2D eigenvalue weighted by Gasteiger charge is 2.75. The fourth-order valence-electron chi connectivity index (χ4n) is 6.11. The largest absolute Gasteiger partial charge is 0.394 e. The lowest BCUT2D eigenvalue weighted by molar-refractivity contribution is -0.151. The standard InChI is InChI=1S/C26H41N3O5/c1-6-10-16-28(15-9-4)25(33)22-26-12-11-19(34-26)20(23(31)27(13-7-2)14-8-3)21(26)24(32)29(22)18(5)17-30/h7,9,18-22,30H,2,4,6,8,10-17H2,1,3,5H3/t18-,19+,20-,21+,22?,26?/m1/s1. The van der Waals surface area contributed by atoms with Crippen molar-refractivity contribution in [3.63, 3.8) is 0 Å². The highest BCUT2D eigenvalue weighted by Crippen LogP contribution is 2.59. The SMILES string of the molecule is C=CCN(CCCC)C(=O)C1N([C@H](C)CO)C(=O)[C@@H]2[C@H](C(=O)N(CC=C)CCC)[C@@H]3CCC12O3. The molecule has 3 rings (SSSR count). The van der Waals surface area contributed by atoms with Crippen molar-refractivity contribution in [2.75, 3.05) is 32.8 Å². The Labute approximate surface area is 203 Å². The molecule has 1 spiro atoms. The van der Waals surface area contributed by atoms with Crippen molar-refractivity contribution in [2.45, 2.75) is 76.7 Å². The Bertz CT molecular complexity index is 801. The number of fused-ring (bicyclic) bond motifs is 1. The molecule has 1 N–H and O–H groups in total. The summed E-state index contributed by atoms with van der Waals surface area (Å²) in [5.41, 5.74) is -1.04. The lowest BCUT2D eigenvalue weighted by Gasteiger charge is -2.38. The Kier molecular flexibility index (Phi) is 8.57. The maximum Gasteiger partial charge on any atom is 0.248 e. The van der Waals surface area contributed by atoms with Gasteiger partial charge < -0.3 is 24.5 Å². The Morgan fingerprint density at radius 1 is 1.18 bits per heavy atom. The van der Waals surface area contributed by atoms with Gasteiger partial charge in [-0.3, -0.25) is 14.4 Å². The van der Waals surface area contributed by atoms with Crippen molar-refractivity contribution < 1.29 is 24.2 Å². The first-order valence-corrected chi connectivity index (χ1v) is 12.7. The molecular formula is C26H41N3O5. The summed E-state index contributed by atoms with van der Waals surface area (Å²) in [6.07, 6.45) is 6.76. The van der Waals surface area contributed by atoms with Crippen LogP contribution in [-0.2, 0) is 19.1 Å². The van der Waals surface area contributed by atoms with E-state index in [2.05, 4.69) is 20.1 Å². The van der Waals surface area contributed by atoms with Crippen molar-refractivity contribution >= 4 is 17.7 Å². The van der Waals surface area contributed by atoms with E-state index in [4.69, 9.17) is 4.74 Å². The molecule has 3 aliphatic heterocycles. The highest BCUT2D eigenvalue weighted by molar-refractivity contribution is 5.99. The maximum absolute atomic E-state index is 14.0. The molecule has 3 saturated heterocycles. The van der Waals surface area contributed by atoms with Crippen molar-refractivity contribution in [1.29, 1.82) is 0 Å². The second-order valence-corrected chi connectivity index (χ2v) is 9.83. The molecule has 0 aliphatic carbocycles. The molecule has 0 saturated carbocycles. The number of carbonyl (C=O) groups is 3. The average Bonchev–Trinajstić information content (AvgIpc) is 3.47. The van der Waals surface area contributed by atoms with Crippen LogP contribution < -0.4 is 0 Å². The minimum absolute atomic E-state index is 0.106. The van der Waals surface area contributed by atoms with Crippen LogP contribution in [0.4, 0.5) is 0 Å². The highest BCUT2D eigenvalue weighted by atomic mass is 16.5. The van der Waals surface area contributed by atoms with Gasteiger partial charge in [0.15, 0.2) is 0 Å². The summed E-state index contributed by atoms with van der Waals surface area (Å²) < 4.78 is 6.50. The summed E-state index contributed by atoms with van der Waals surface area (Å²) in [6, 6.07) is -1.41. The number of carbonyl (C=O) groups excluding carboxylic acids is 3. The summed E-state index contributed by atoms with van der Waals surface area (Å²) in [5, 5.41) is 9.97. The van der Waals surface area contributed by atoms with E-state index in [0.717, 1.165) is 19.3 Å². The first-order chi connectivity index (χ1) is 16.3. The van der Waals surface area contributed by atoms with Crippen LogP contribution in [0.25, 0.3) is 0 Å². The quantitative estimate of drug-likeness (QED) is 0.412. The van der Waals surface area contributed by atoms with E-state index < -0.39 is 29.5 Å². The minimum Gasteiger partial charge on any atom is -0.394 e. The van der Waals surface area contributed by atoms with E-state index in [1.165, 1.54) is 4.90 Å². The third kappa shape index (κ3) is 4.31.